The number of fused-ring (bicyclic) bond motifs is 2. The van der Waals surface area contributed by atoms with Gasteiger partial charge in [-0.2, -0.15) is 5.26 Å². The molecule has 4 rings (SSSR count). The molecule has 0 atom stereocenters. The molecule has 6 heteroatoms. The zero-order valence-electron chi connectivity index (χ0n) is 11.3. The van der Waals surface area contributed by atoms with Gasteiger partial charge in [0.05, 0.1) is 21.3 Å². The normalized spacial score (nSPS) is 11.9. The number of hydrogen-bond acceptors (Lipinski definition) is 5. The summed E-state index contributed by atoms with van der Waals surface area (Å²) in [4.78, 5) is 16.1. The van der Waals surface area contributed by atoms with Crippen LogP contribution in [0.3, 0.4) is 0 Å². The molecule has 0 saturated carbocycles. The van der Waals surface area contributed by atoms with Crippen LogP contribution in [0.1, 0.15) is 10.8 Å². The first-order chi connectivity index (χ1) is 10.8. The van der Waals surface area contributed by atoms with Gasteiger partial charge in [0.15, 0.2) is 11.5 Å². The lowest BCUT2D eigenvalue weighted by atomic mass is 10.2. The molecule has 0 aliphatic heterocycles. The molecule has 0 saturated heterocycles. The number of hydrogen-bond donors (Lipinski definition) is 1. The van der Waals surface area contributed by atoms with E-state index in [0.29, 0.717) is 17.0 Å². The number of nitriles is 1. The van der Waals surface area contributed by atoms with E-state index in [4.69, 9.17) is 0 Å². The average molecular weight is 303 g/mol. The Morgan fingerprint density at radius 2 is 2.09 bits per heavy atom. The summed E-state index contributed by atoms with van der Waals surface area (Å²) in [6, 6.07) is 13.8. The maximum absolute atomic E-state index is 9.42. The molecule has 0 unspecified atom stereocenters. The fourth-order valence-corrected chi connectivity index (χ4v) is 3.11. The van der Waals surface area contributed by atoms with Crippen molar-refractivity contribution in [1.29, 1.82) is 5.26 Å². The molecule has 0 amide bonds. The van der Waals surface area contributed by atoms with Crippen LogP contribution < -0.4 is 0 Å². The number of thiazole rings is 1. The van der Waals surface area contributed by atoms with Gasteiger partial charge in [-0.15, -0.1) is 11.3 Å². The van der Waals surface area contributed by atoms with Crippen LogP contribution in [-0.2, 0) is 0 Å². The van der Waals surface area contributed by atoms with Gasteiger partial charge in [-0.3, -0.25) is 0 Å². The highest BCUT2D eigenvalue weighted by molar-refractivity contribution is 7.19. The van der Waals surface area contributed by atoms with Crippen LogP contribution in [0.15, 0.2) is 42.6 Å². The molecule has 4 aromatic rings. The van der Waals surface area contributed by atoms with Gasteiger partial charge in [0.2, 0.25) is 0 Å². The maximum atomic E-state index is 9.42. The molecule has 1 N–H and O–H groups in total. The van der Waals surface area contributed by atoms with Crippen molar-refractivity contribution >= 4 is 44.4 Å². The van der Waals surface area contributed by atoms with E-state index in [2.05, 4.69) is 26.0 Å². The van der Waals surface area contributed by atoms with E-state index in [-0.39, 0.29) is 0 Å². The average Bonchev–Trinajstić information content (AvgIpc) is 3.15. The minimum absolute atomic E-state index is 0.442. The molecule has 22 heavy (non-hydrogen) atoms. The highest BCUT2D eigenvalue weighted by atomic mass is 32.1. The van der Waals surface area contributed by atoms with Crippen LogP contribution in [0.2, 0.25) is 0 Å². The first-order valence-corrected chi connectivity index (χ1v) is 7.43. The number of pyridine rings is 1. The van der Waals surface area contributed by atoms with E-state index < -0.39 is 0 Å². The van der Waals surface area contributed by atoms with Crippen LogP contribution in [-0.4, -0.2) is 19.9 Å². The highest BCUT2D eigenvalue weighted by Crippen LogP contribution is 2.25. The lowest BCUT2D eigenvalue weighted by molar-refractivity contribution is 1.25. The smallest absolute Gasteiger partial charge is 0.178 e. The van der Waals surface area contributed by atoms with E-state index in [9.17, 15) is 5.26 Å². The Balaban J connectivity index is 1.82. The molecule has 0 bridgehead atoms. The Morgan fingerprint density at radius 1 is 1.18 bits per heavy atom. The van der Waals surface area contributed by atoms with Gasteiger partial charge in [0.25, 0.3) is 0 Å². The molecule has 3 aromatic heterocycles. The fraction of sp³-hybridized carbons (Fsp3) is 0. The van der Waals surface area contributed by atoms with E-state index >= 15 is 0 Å². The molecule has 0 spiro atoms. The topological polar surface area (TPSA) is 78.2 Å². The number of aromatic nitrogens is 4. The highest BCUT2D eigenvalue weighted by Gasteiger charge is 2.10. The molecule has 0 aliphatic carbocycles. The second-order valence-electron chi connectivity index (χ2n) is 4.65. The van der Waals surface area contributed by atoms with Gasteiger partial charge in [-0.05, 0) is 30.3 Å². The predicted octanol–water partition coefficient (Wildman–Crippen LogP) is 3.63. The van der Waals surface area contributed by atoms with E-state index in [1.54, 1.807) is 23.6 Å². The van der Waals surface area contributed by atoms with Crippen molar-refractivity contribution in [2.24, 2.45) is 0 Å². The summed E-state index contributed by atoms with van der Waals surface area (Å²) in [5.41, 5.74) is 2.78. The number of H-pyrrole nitrogens is 1. The van der Waals surface area contributed by atoms with Crippen LogP contribution >= 0.6 is 11.3 Å². The second-order valence-corrected chi connectivity index (χ2v) is 5.71. The summed E-state index contributed by atoms with van der Waals surface area (Å²) in [5, 5.41) is 10.2. The van der Waals surface area contributed by atoms with Gasteiger partial charge >= 0.3 is 0 Å². The first kappa shape index (κ1) is 12.7. The maximum Gasteiger partial charge on any atom is 0.178 e. The molecule has 1 aromatic carbocycles. The number of nitrogens with one attached hydrogen (secondary N) is 1. The van der Waals surface area contributed by atoms with Crippen molar-refractivity contribution in [1.82, 2.24) is 19.9 Å². The Labute approximate surface area is 129 Å². The summed E-state index contributed by atoms with van der Waals surface area (Å²) < 4.78 is 1.09. The molecular weight excluding hydrogens is 294 g/mol. The van der Waals surface area contributed by atoms with Crippen LogP contribution in [0.5, 0.6) is 0 Å². The van der Waals surface area contributed by atoms with E-state index in [1.165, 1.54) is 0 Å². The van der Waals surface area contributed by atoms with Gasteiger partial charge in [0, 0.05) is 6.20 Å². The first-order valence-electron chi connectivity index (χ1n) is 6.62. The third-order valence-corrected chi connectivity index (χ3v) is 4.19. The molecule has 3 heterocycles. The summed E-state index contributed by atoms with van der Waals surface area (Å²) in [6.07, 6.45) is 3.43. The number of benzene rings is 1. The quantitative estimate of drug-likeness (QED) is 0.573. The number of allylic oxidation sites excluding steroid dienone is 1. The van der Waals surface area contributed by atoms with Crippen LogP contribution in [0.4, 0.5) is 0 Å². The number of nitrogens with zero attached hydrogens (tertiary/aromatic N) is 4. The molecule has 0 radical (unpaired) electrons. The molecule has 104 valence electrons. The summed E-state index contributed by atoms with van der Waals surface area (Å²) in [5.74, 6) is 0.510. The zero-order chi connectivity index (χ0) is 14.9. The zero-order valence-corrected chi connectivity index (χ0v) is 12.1. The van der Waals surface area contributed by atoms with Crippen molar-refractivity contribution in [2.75, 3.05) is 0 Å². The minimum atomic E-state index is 0.442. The van der Waals surface area contributed by atoms with Crippen molar-refractivity contribution < 1.29 is 0 Å². The fourth-order valence-electron chi connectivity index (χ4n) is 2.20. The standard InChI is InChI=1S/C16H9N5S/c17-9-10(15-20-12-5-3-7-18-16(12)21-15)8-14-19-11-4-1-2-6-13(11)22-14/h1-8H,(H,18,20,21)/b10-8+. The van der Waals surface area contributed by atoms with Crippen molar-refractivity contribution in [3.05, 3.63) is 53.4 Å². The van der Waals surface area contributed by atoms with E-state index in [1.807, 2.05) is 36.4 Å². The number of imidazole rings is 1. The van der Waals surface area contributed by atoms with Gasteiger partial charge in [-0.1, -0.05) is 12.1 Å². The largest absolute Gasteiger partial charge is 0.336 e. The van der Waals surface area contributed by atoms with Gasteiger partial charge in [0.1, 0.15) is 11.1 Å². The Bertz CT molecular complexity index is 985. The van der Waals surface area contributed by atoms with E-state index in [0.717, 1.165) is 20.7 Å². The lowest BCUT2D eigenvalue weighted by Gasteiger charge is -1.90. The molecule has 0 fully saturated rings. The Hall–Kier alpha value is -3.04. The van der Waals surface area contributed by atoms with Crippen molar-refractivity contribution in [2.45, 2.75) is 0 Å². The molecular formula is C16H9N5S. The summed E-state index contributed by atoms with van der Waals surface area (Å²) >= 11 is 1.55. The Kier molecular flexibility index (Phi) is 2.92. The number of aromatic amines is 1. The minimum Gasteiger partial charge on any atom is -0.336 e. The van der Waals surface area contributed by atoms with Crippen molar-refractivity contribution in [3.8, 4) is 6.07 Å². The SMILES string of the molecule is N#C/C(=C\c1nc2ccccc2s1)c1nc2ncccc2[nH]1. The third kappa shape index (κ3) is 2.14. The second kappa shape index (κ2) is 5.06. The summed E-state index contributed by atoms with van der Waals surface area (Å²) in [6.45, 7) is 0. The molecule has 0 aliphatic rings. The molecule has 5 nitrogen and oxygen atoms in total. The Morgan fingerprint density at radius 3 is 2.91 bits per heavy atom. The number of para-hydroxylation sites is 1. The van der Waals surface area contributed by atoms with Gasteiger partial charge < -0.3 is 4.98 Å². The number of rotatable bonds is 2. The van der Waals surface area contributed by atoms with Gasteiger partial charge in [-0.25, -0.2) is 15.0 Å². The third-order valence-electron chi connectivity index (χ3n) is 3.21. The lowest BCUT2D eigenvalue weighted by Crippen LogP contribution is -1.84. The van der Waals surface area contributed by atoms with Crippen molar-refractivity contribution in [3.63, 3.8) is 0 Å². The predicted molar refractivity (Wildman–Crippen MR) is 87.0 cm³/mol. The summed E-state index contributed by atoms with van der Waals surface area (Å²) in [7, 11) is 0. The monoisotopic (exact) mass is 303 g/mol. The van der Waals surface area contributed by atoms with Crippen LogP contribution in [0.25, 0.3) is 33.0 Å². The van der Waals surface area contributed by atoms with Crippen LogP contribution in [0, 0.1) is 11.3 Å².